The molecule has 5 N–H and O–H groups in total. The molecule has 0 saturated heterocycles. The van der Waals surface area contributed by atoms with E-state index in [1.165, 1.54) is 7.05 Å². The average Bonchev–Trinajstić information content (AvgIpc) is 2.84. The summed E-state index contributed by atoms with van der Waals surface area (Å²) in [6.45, 7) is 45.5. The maximum Gasteiger partial charge on any atom is 0.0422 e. The van der Waals surface area contributed by atoms with Gasteiger partial charge in [-0.3, -0.25) is 0 Å². The van der Waals surface area contributed by atoms with E-state index in [4.69, 9.17) is 5.73 Å². The van der Waals surface area contributed by atoms with Crippen molar-refractivity contribution in [1.82, 2.24) is 10.2 Å². The average molecular weight is 509 g/mol. The largest absolute Gasteiger partial charge is 0.399 e. The summed E-state index contributed by atoms with van der Waals surface area (Å²) in [5.74, 6) is 0. The third-order valence-electron chi connectivity index (χ3n) is 3.45. The van der Waals surface area contributed by atoms with E-state index in [-0.39, 0.29) is 5.54 Å². The van der Waals surface area contributed by atoms with Crippen LogP contribution in [-0.4, -0.2) is 24.5 Å². The zero-order chi connectivity index (χ0) is 31.1. The summed E-state index contributed by atoms with van der Waals surface area (Å²) in [7, 11) is 3.59. The zero-order valence-corrected chi connectivity index (χ0v) is 27.7. The van der Waals surface area contributed by atoms with Gasteiger partial charge in [-0.1, -0.05) is 81.2 Å². The Morgan fingerprint density at radius 3 is 1.36 bits per heavy atom. The molecule has 0 aliphatic rings. The fourth-order valence-corrected chi connectivity index (χ4v) is 2.21. The van der Waals surface area contributed by atoms with Gasteiger partial charge in [-0.25, -0.2) is 0 Å². The van der Waals surface area contributed by atoms with Crippen LogP contribution >= 0.6 is 0 Å². The van der Waals surface area contributed by atoms with Crippen LogP contribution in [0.25, 0.3) is 0 Å². The summed E-state index contributed by atoms with van der Waals surface area (Å²) in [6, 6.07) is 0. The van der Waals surface area contributed by atoms with Crippen molar-refractivity contribution in [2.75, 3.05) is 14.1 Å². The molecule has 4 heteroatoms. The maximum atomic E-state index is 5.60. The Balaban J connectivity index is -0.000000110. The highest BCUT2D eigenvalue weighted by Gasteiger charge is 2.21. The van der Waals surface area contributed by atoms with Gasteiger partial charge in [-0.05, 0) is 84.9 Å². The molecule has 0 aliphatic heterocycles. The smallest absolute Gasteiger partial charge is 0.0422 e. The van der Waals surface area contributed by atoms with Gasteiger partial charge in [0, 0.05) is 35.4 Å². The minimum absolute atomic E-state index is 0.0122. The standard InChI is InChI=1S/C20H33N3.C3H6.4C2H6.CH5N/c1-11-18(22-17(6)13-16(5)21)12-15(4)19(14(2)3)23(10)20(7,8)9;1-3-2;5*1-2/h11-13,22H,1-2,5,21H2,3-4,6-10H3;3H,1H2,2H3;4*1-2H3;2H2,1H3/b17-13+,18-12+,19-15-;;;;;;. The van der Waals surface area contributed by atoms with E-state index in [9.17, 15) is 0 Å². The number of allylic oxidation sites excluding steroid dienone is 7. The molecule has 0 unspecified atom stereocenters. The molecule has 0 radical (unpaired) electrons. The molecule has 0 spiro atoms. The van der Waals surface area contributed by atoms with Gasteiger partial charge in [-0.2, -0.15) is 0 Å². The molecule has 4 nitrogen and oxygen atoms in total. The molecule has 0 aromatic carbocycles. The van der Waals surface area contributed by atoms with Crippen LogP contribution in [0.5, 0.6) is 0 Å². The second kappa shape index (κ2) is 37.1. The number of nitrogens with two attached hydrogens (primary N) is 2. The van der Waals surface area contributed by atoms with Crippen molar-refractivity contribution in [3.63, 3.8) is 0 Å². The Morgan fingerprint density at radius 1 is 0.806 bits per heavy atom. The van der Waals surface area contributed by atoms with Crippen molar-refractivity contribution >= 4 is 0 Å². The summed E-state index contributed by atoms with van der Waals surface area (Å²) in [6.07, 6.45) is 7.39. The minimum atomic E-state index is 0.0122. The lowest BCUT2D eigenvalue weighted by Gasteiger charge is -2.37. The lowest BCUT2D eigenvalue weighted by Crippen LogP contribution is -2.38. The van der Waals surface area contributed by atoms with Crippen LogP contribution < -0.4 is 16.8 Å². The number of hydrogen-bond acceptors (Lipinski definition) is 4. The Hall–Kier alpha value is -2.46. The van der Waals surface area contributed by atoms with Crippen LogP contribution in [0, 0.1) is 0 Å². The van der Waals surface area contributed by atoms with E-state index in [0.717, 1.165) is 28.2 Å². The van der Waals surface area contributed by atoms with Gasteiger partial charge >= 0.3 is 0 Å². The Kier molecular flexibility index (Phi) is 52.0. The van der Waals surface area contributed by atoms with Crippen LogP contribution in [0.1, 0.15) is 104 Å². The summed E-state index contributed by atoms with van der Waals surface area (Å²) in [5, 5.41) is 3.28. The highest BCUT2D eigenvalue weighted by Crippen LogP contribution is 2.25. The lowest BCUT2D eigenvalue weighted by molar-refractivity contribution is 0.230. The number of likely N-dealkylation sites (N-methyl/N-ethyl adjacent to an activating group) is 1. The molecule has 0 amide bonds. The lowest BCUT2D eigenvalue weighted by atomic mass is 10.0. The molecule has 0 heterocycles. The van der Waals surface area contributed by atoms with Crippen LogP contribution in [0.15, 0.2) is 84.6 Å². The first kappa shape index (κ1) is 50.4. The number of nitrogens with zero attached hydrogens (tertiary/aromatic N) is 1. The molecule has 36 heavy (non-hydrogen) atoms. The predicted octanol–water partition coefficient (Wildman–Crippen LogP) is 9.47. The summed E-state index contributed by atoms with van der Waals surface area (Å²) < 4.78 is 0. The second-order valence-corrected chi connectivity index (χ2v) is 7.28. The molecule has 216 valence electrons. The molecule has 0 bridgehead atoms. The minimum Gasteiger partial charge on any atom is -0.399 e. The molecule has 0 atom stereocenters. The molecule has 0 saturated carbocycles. The number of hydrogen-bond donors (Lipinski definition) is 3. The second-order valence-electron chi connectivity index (χ2n) is 7.28. The first-order valence-electron chi connectivity index (χ1n) is 13.3. The third-order valence-corrected chi connectivity index (χ3v) is 3.45. The van der Waals surface area contributed by atoms with Crippen LogP contribution in [0.3, 0.4) is 0 Å². The van der Waals surface area contributed by atoms with Gasteiger partial charge < -0.3 is 21.7 Å². The van der Waals surface area contributed by atoms with Crippen molar-refractivity contribution in [2.24, 2.45) is 11.5 Å². The van der Waals surface area contributed by atoms with E-state index in [1.54, 1.807) is 18.2 Å². The molecule has 0 aromatic rings. The monoisotopic (exact) mass is 509 g/mol. The van der Waals surface area contributed by atoms with Crippen LogP contribution in [-0.2, 0) is 0 Å². The Bertz CT molecular complexity index is 613. The van der Waals surface area contributed by atoms with E-state index < -0.39 is 0 Å². The van der Waals surface area contributed by atoms with Gasteiger partial charge in [0.1, 0.15) is 0 Å². The fraction of sp³-hybridized carbons (Fsp3) is 0.562. The molecular formula is C32H68N4. The molecule has 0 rings (SSSR count). The molecule has 0 aliphatic carbocycles. The van der Waals surface area contributed by atoms with E-state index in [2.05, 4.69) is 83.1 Å². The zero-order valence-electron chi connectivity index (χ0n) is 27.7. The van der Waals surface area contributed by atoms with Crippen molar-refractivity contribution in [2.45, 2.75) is 109 Å². The first-order chi connectivity index (χ1) is 16.8. The molecule has 0 aromatic heterocycles. The van der Waals surface area contributed by atoms with Gasteiger partial charge in [0.05, 0.1) is 0 Å². The van der Waals surface area contributed by atoms with Crippen molar-refractivity contribution in [3.8, 4) is 0 Å². The van der Waals surface area contributed by atoms with E-state index >= 15 is 0 Å². The van der Waals surface area contributed by atoms with Gasteiger partial charge in [-0.15, -0.1) is 6.58 Å². The highest BCUT2D eigenvalue weighted by atomic mass is 15.2. The normalized spacial score (nSPS) is 10.2. The van der Waals surface area contributed by atoms with Crippen molar-refractivity contribution in [3.05, 3.63) is 84.6 Å². The van der Waals surface area contributed by atoms with Gasteiger partial charge in [0.15, 0.2) is 0 Å². The highest BCUT2D eigenvalue weighted by molar-refractivity contribution is 5.40. The van der Waals surface area contributed by atoms with Crippen LogP contribution in [0.2, 0.25) is 0 Å². The number of nitrogens with one attached hydrogen (secondary N) is 1. The third kappa shape index (κ3) is 33.7. The van der Waals surface area contributed by atoms with Gasteiger partial charge in [0.25, 0.3) is 0 Å². The Labute approximate surface area is 229 Å². The van der Waals surface area contributed by atoms with Crippen molar-refractivity contribution in [1.29, 1.82) is 0 Å². The molecular weight excluding hydrogens is 440 g/mol. The SMILES string of the molecule is C=C/C(=C\C(C)=C(\C(=C)C)N(C)C(C)(C)C)N/C(C)=C/C(=C)N.C=CC.CC.CC.CC.CC.CN. The number of rotatable bonds is 7. The topological polar surface area (TPSA) is 67.3 Å². The van der Waals surface area contributed by atoms with Crippen molar-refractivity contribution < 1.29 is 0 Å². The predicted molar refractivity (Wildman–Crippen MR) is 175 cm³/mol. The van der Waals surface area contributed by atoms with E-state index in [1.807, 2.05) is 76.2 Å². The van der Waals surface area contributed by atoms with Crippen LogP contribution in [0.4, 0.5) is 0 Å². The summed E-state index contributed by atoms with van der Waals surface area (Å²) >= 11 is 0. The quantitative estimate of drug-likeness (QED) is 0.236. The maximum absolute atomic E-state index is 5.60. The van der Waals surface area contributed by atoms with E-state index in [0.29, 0.717) is 5.70 Å². The fourth-order valence-electron chi connectivity index (χ4n) is 2.21. The summed E-state index contributed by atoms with van der Waals surface area (Å²) in [5.41, 5.74) is 15.7. The Morgan fingerprint density at radius 2 is 1.14 bits per heavy atom. The molecule has 0 fully saturated rings. The van der Waals surface area contributed by atoms with Gasteiger partial charge in [0.2, 0.25) is 0 Å². The first-order valence-corrected chi connectivity index (χ1v) is 13.3. The summed E-state index contributed by atoms with van der Waals surface area (Å²) in [4.78, 5) is 2.24.